The predicted molar refractivity (Wildman–Crippen MR) is 46.4 cm³/mol. The summed E-state index contributed by atoms with van der Waals surface area (Å²) in [5.41, 5.74) is 1.25. The standard InChI is InChI=1S/C10H12O2.V/c1-8-2-4-9(5-3-8)11-6-10-7-12-10;/h2-5,10H,6-7H2,1H3;. The largest absolute Gasteiger partial charge is 0.491 e. The smallest absolute Gasteiger partial charge is 0.119 e. The Kier molecular flexibility index (Phi) is 3.85. The van der Waals surface area contributed by atoms with E-state index in [1.54, 1.807) is 0 Å². The maximum Gasteiger partial charge on any atom is 0.119 e. The van der Waals surface area contributed by atoms with Gasteiger partial charge in [-0.2, -0.15) is 0 Å². The van der Waals surface area contributed by atoms with Gasteiger partial charge < -0.3 is 9.47 Å². The van der Waals surface area contributed by atoms with Crippen LogP contribution in [0.2, 0.25) is 0 Å². The fraction of sp³-hybridized carbons (Fsp3) is 0.400. The number of benzene rings is 1. The first-order chi connectivity index (χ1) is 5.84. The maximum atomic E-state index is 5.46. The Balaban J connectivity index is 0.000000845. The first kappa shape index (κ1) is 10.6. The molecule has 13 heavy (non-hydrogen) atoms. The van der Waals surface area contributed by atoms with E-state index >= 15 is 0 Å². The second kappa shape index (κ2) is 4.70. The molecule has 69 valence electrons. The van der Waals surface area contributed by atoms with Crippen molar-refractivity contribution in [1.29, 1.82) is 0 Å². The molecule has 1 aliphatic heterocycles. The van der Waals surface area contributed by atoms with Crippen LogP contribution in [0.3, 0.4) is 0 Å². The second-order valence-corrected chi connectivity index (χ2v) is 3.08. The molecule has 0 aliphatic carbocycles. The Morgan fingerprint density at radius 3 is 2.54 bits per heavy atom. The molecule has 2 rings (SSSR count). The molecular weight excluding hydrogens is 203 g/mol. The van der Waals surface area contributed by atoms with E-state index in [-0.39, 0.29) is 18.6 Å². The molecule has 1 saturated heterocycles. The summed E-state index contributed by atoms with van der Waals surface area (Å²) < 4.78 is 10.5. The minimum Gasteiger partial charge on any atom is -0.491 e. The van der Waals surface area contributed by atoms with E-state index in [1.165, 1.54) is 5.56 Å². The molecular formula is C10H12O2V. The van der Waals surface area contributed by atoms with Crippen molar-refractivity contribution in [2.24, 2.45) is 0 Å². The molecule has 0 N–H and O–H groups in total. The van der Waals surface area contributed by atoms with Gasteiger partial charge in [-0.1, -0.05) is 17.7 Å². The van der Waals surface area contributed by atoms with Crippen LogP contribution < -0.4 is 4.74 Å². The number of rotatable bonds is 3. The molecule has 1 fully saturated rings. The Morgan fingerprint density at radius 1 is 1.38 bits per heavy atom. The molecule has 1 heterocycles. The Labute approximate surface area is 90.1 Å². The van der Waals surface area contributed by atoms with Crippen LogP contribution in [0.1, 0.15) is 5.56 Å². The van der Waals surface area contributed by atoms with E-state index in [1.807, 2.05) is 24.3 Å². The Morgan fingerprint density at radius 2 is 2.00 bits per heavy atom. The zero-order valence-electron chi connectivity index (χ0n) is 7.56. The molecule has 1 aromatic rings. The molecule has 2 nitrogen and oxygen atoms in total. The van der Waals surface area contributed by atoms with Crippen LogP contribution in [0.25, 0.3) is 0 Å². The van der Waals surface area contributed by atoms with Crippen LogP contribution in [-0.2, 0) is 23.3 Å². The third kappa shape index (κ3) is 3.43. The fourth-order valence-electron chi connectivity index (χ4n) is 0.988. The molecule has 0 bridgehead atoms. The first-order valence-electron chi connectivity index (χ1n) is 4.16. The molecule has 1 aromatic carbocycles. The van der Waals surface area contributed by atoms with E-state index in [2.05, 4.69) is 6.92 Å². The van der Waals surface area contributed by atoms with Crippen molar-refractivity contribution in [2.75, 3.05) is 13.2 Å². The van der Waals surface area contributed by atoms with Crippen LogP contribution in [0.5, 0.6) is 5.75 Å². The van der Waals surface area contributed by atoms with Crippen LogP contribution >= 0.6 is 0 Å². The van der Waals surface area contributed by atoms with Gasteiger partial charge in [0.05, 0.1) is 6.61 Å². The molecule has 0 amide bonds. The van der Waals surface area contributed by atoms with Crippen molar-refractivity contribution >= 4 is 0 Å². The van der Waals surface area contributed by atoms with Gasteiger partial charge in [0.15, 0.2) is 0 Å². The number of ether oxygens (including phenoxy) is 2. The average Bonchev–Trinajstić information content (AvgIpc) is 2.87. The van der Waals surface area contributed by atoms with Crippen molar-refractivity contribution in [2.45, 2.75) is 13.0 Å². The minimum absolute atomic E-state index is 0. The molecule has 1 radical (unpaired) electrons. The summed E-state index contributed by atoms with van der Waals surface area (Å²) in [4.78, 5) is 0. The van der Waals surface area contributed by atoms with Crippen molar-refractivity contribution < 1.29 is 28.0 Å². The number of epoxide rings is 1. The number of aryl methyl sites for hydroxylation is 1. The number of hydrogen-bond acceptors (Lipinski definition) is 2. The van der Waals surface area contributed by atoms with Crippen molar-refractivity contribution in [3.8, 4) is 5.75 Å². The fourth-order valence-corrected chi connectivity index (χ4v) is 0.988. The van der Waals surface area contributed by atoms with E-state index in [4.69, 9.17) is 9.47 Å². The van der Waals surface area contributed by atoms with Crippen LogP contribution in [-0.4, -0.2) is 19.3 Å². The topological polar surface area (TPSA) is 21.8 Å². The average molecular weight is 215 g/mol. The summed E-state index contributed by atoms with van der Waals surface area (Å²) in [6.45, 7) is 3.60. The molecule has 0 aromatic heterocycles. The zero-order chi connectivity index (χ0) is 8.39. The van der Waals surface area contributed by atoms with Gasteiger partial charge in [0.1, 0.15) is 18.5 Å². The third-order valence-corrected chi connectivity index (χ3v) is 1.86. The van der Waals surface area contributed by atoms with E-state index in [0.29, 0.717) is 12.7 Å². The zero-order valence-corrected chi connectivity index (χ0v) is 8.96. The molecule has 1 aliphatic rings. The van der Waals surface area contributed by atoms with Crippen molar-refractivity contribution in [1.82, 2.24) is 0 Å². The summed E-state index contributed by atoms with van der Waals surface area (Å²) in [5.74, 6) is 0.927. The second-order valence-electron chi connectivity index (χ2n) is 3.08. The van der Waals surface area contributed by atoms with E-state index in [9.17, 15) is 0 Å². The van der Waals surface area contributed by atoms with Crippen molar-refractivity contribution in [3.63, 3.8) is 0 Å². The maximum absolute atomic E-state index is 5.46. The van der Waals surface area contributed by atoms with Gasteiger partial charge in [0, 0.05) is 18.6 Å². The Hall–Kier alpha value is -0.436. The third-order valence-electron chi connectivity index (χ3n) is 1.86. The summed E-state index contributed by atoms with van der Waals surface area (Å²) in [5, 5.41) is 0. The van der Waals surface area contributed by atoms with Gasteiger partial charge >= 0.3 is 0 Å². The number of hydrogen-bond donors (Lipinski definition) is 0. The summed E-state index contributed by atoms with van der Waals surface area (Å²) in [6.07, 6.45) is 0.339. The quantitative estimate of drug-likeness (QED) is 0.717. The normalized spacial score (nSPS) is 19.0. The minimum atomic E-state index is 0. The van der Waals surface area contributed by atoms with Gasteiger partial charge in [-0.3, -0.25) is 0 Å². The van der Waals surface area contributed by atoms with Gasteiger partial charge in [0.25, 0.3) is 0 Å². The summed E-state index contributed by atoms with van der Waals surface area (Å²) in [7, 11) is 0. The van der Waals surface area contributed by atoms with Crippen LogP contribution in [0.4, 0.5) is 0 Å². The van der Waals surface area contributed by atoms with Gasteiger partial charge in [0.2, 0.25) is 0 Å². The molecule has 0 spiro atoms. The predicted octanol–water partition coefficient (Wildman–Crippen LogP) is 1.77. The summed E-state index contributed by atoms with van der Waals surface area (Å²) in [6, 6.07) is 8.06. The van der Waals surface area contributed by atoms with Gasteiger partial charge in [-0.25, -0.2) is 0 Å². The van der Waals surface area contributed by atoms with Gasteiger partial charge in [-0.05, 0) is 19.1 Å². The van der Waals surface area contributed by atoms with Crippen LogP contribution in [0.15, 0.2) is 24.3 Å². The molecule has 0 saturated carbocycles. The SMILES string of the molecule is Cc1ccc(OCC2CO2)cc1.[V]. The molecule has 3 heteroatoms. The van der Waals surface area contributed by atoms with Crippen molar-refractivity contribution in [3.05, 3.63) is 29.8 Å². The molecule has 1 atom stereocenters. The van der Waals surface area contributed by atoms with Crippen LogP contribution in [0, 0.1) is 6.92 Å². The Bertz CT molecular complexity index is 254. The molecule has 1 unspecified atom stereocenters. The first-order valence-corrected chi connectivity index (χ1v) is 4.16. The monoisotopic (exact) mass is 215 g/mol. The summed E-state index contributed by atoms with van der Waals surface area (Å²) >= 11 is 0. The van der Waals surface area contributed by atoms with E-state index < -0.39 is 0 Å². The van der Waals surface area contributed by atoms with Gasteiger partial charge in [-0.15, -0.1) is 0 Å². The van der Waals surface area contributed by atoms with E-state index in [0.717, 1.165) is 12.4 Å².